The molecule has 122 valence electrons. The number of hydrogen-bond acceptors (Lipinski definition) is 5. The molecule has 0 atom stereocenters. The van der Waals surface area contributed by atoms with E-state index in [1.54, 1.807) is 13.8 Å². The molecule has 0 saturated carbocycles. The summed E-state index contributed by atoms with van der Waals surface area (Å²) < 4.78 is 29.6. The molecule has 1 N–H and O–H groups in total. The fourth-order valence-corrected chi connectivity index (χ4v) is 3.38. The number of amides is 1. The predicted molar refractivity (Wildman–Crippen MR) is 78.0 cm³/mol. The summed E-state index contributed by atoms with van der Waals surface area (Å²) in [6.45, 7) is 4.69. The maximum atomic E-state index is 11.9. The summed E-state index contributed by atoms with van der Waals surface area (Å²) in [5.41, 5.74) is 0. The van der Waals surface area contributed by atoms with Crippen LogP contribution in [-0.4, -0.2) is 56.6 Å². The standard InChI is InChI=1S/C13H24N2O5S/c1-3-20-12(16)5-8-14-13(17)11-6-9-15(10-7-11)21(18,19)4-2/h11H,3-10H2,1-2H3,(H,14,17). The molecule has 21 heavy (non-hydrogen) atoms. The molecule has 1 aliphatic rings. The highest BCUT2D eigenvalue weighted by molar-refractivity contribution is 7.89. The van der Waals surface area contributed by atoms with Crippen LogP contribution in [-0.2, 0) is 24.3 Å². The van der Waals surface area contributed by atoms with Crippen LogP contribution in [0.15, 0.2) is 0 Å². The number of nitrogens with zero attached hydrogens (tertiary/aromatic N) is 1. The topological polar surface area (TPSA) is 92.8 Å². The number of piperidine rings is 1. The lowest BCUT2D eigenvalue weighted by molar-refractivity contribution is -0.143. The molecule has 1 heterocycles. The van der Waals surface area contributed by atoms with Crippen molar-refractivity contribution in [3.05, 3.63) is 0 Å². The van der Waals surface area contributed by atoms with Crippen LogP contribution in [0, 0.1) is 5.92 Å². The van der Waals surface area contributed by atoms with E-state index in [1.807, 2.05) is 0 Å². The highest BCUT2D eigenvalue weighted by atomic mass is 32.2. The van der Waals surface area contributed by atoms with Gasteiger partial charge in [0.05, 0.1) is 18.8 Å². The molecular weight excluding hydrogens is 296 g/mol. The average molecular weight is 320 g/mol. The Hall–Kier alpha value is -1.15. The van der Waals surface area contributed by atoms with E-state index in [9.17, 15) is 18.0 Å². The van der Waals surface area contributed by atoms with Gasteiger partial charge >= 0.3 is 5.97 Å². The van der Waals surface area contributed by atoms with Crippen LogP contribution in [0.2, 0.25) is 0 Å². The van der Waals surface area contributed by atoms with E-state index in [2.05, 4.69) is 5.32 Å². The highest BCUT2D eigenvalue weighted by Crippen LogP contribution is 2.19. The third-order valence-corrected chi connectivity index (χ3v) is 5.40. The number of carbonyl (C=O) groups excluding carboxylic acids is 2. The zero-order valence-electron chi connectivity index (χ0n) is 12.6. The number of esters is 1. The maximum Gasteiger partial charge on any atom is 0.307 e. The molecule has 0 spiro atoms. The van der Waals surface area contributed by atoms with Crippen molar-refractivity contribution in [3.63, 3.8) is 0 Å². The minimum Gasteiger partial charge on any atom is -0.466 e. The normalized spacial score (nSPS) is 17.4. The van der Waals surface area contributed by atoms with Crippen LogP contribution >= 0.6 is 0 Å². The van der Waals surface area contributed by atoms with Gasteiger partial charge < -0.3 is 10.1 Å². The van der Waals surface area contributed by atoms with Gasteiger partial charge in [0.1, 0.15) is 0 Å². The molecule has 8 heteroatoms. The second-order valence-corrected chi connectivity index (χ2v) is 7.18. The number of carbonyl (C=O) groups is 2. The SMILES string of the molecule is CCOC(=O)CCNC(=O)C1CCN(S(=O)(=O)CC)CC1. The summed E-state index contributed by atoms with van der Waals surface area (Å²) in [4.78, 5) is 23.1. The van der Waals surface area contributed by atoms with Gasteiger partial charge in [-0.1, -0.05) is 0 Å². The first kappa shape index (κ1) is 17.9. The van der Waals surface area contributed by atoms with Crippen LogP contribution in [0.4, 0.5) is 0 Å². The largest absolute Gasteiger partial charge is 0.466 e. The van der Waals surface area contributed by atoms with Gasteiger partial charge in [0.15, 0.2) is 0 Å². The van der Waals surface area contributed by atoms with Gasteiger partial charge in [0, 0.05) is 25.6 Å². The zero-order chi connectivity index (χ0) is 15.9. The quantitative estimate of drug-likeness (QED) is 0.673. The predicted octanol–water partition coefficient (Wildman–Crippen LogP) is 0.118. The minimum atomic E-state index is -3.16. The Labute approximate surface area is 126 Å². The molecule has 0 bridgehead atoms. The molecule has 0 aromatic rings. The molecule has 1 rings (SSSR count). The van der Waals surface area contributed by atoms with Crippen molar-refractivity contribution in [3.8, 4) is 0 Å². The highest BCUT2D eigenvalue weighted by Gasteiger charge is 2.29. The molecule has 0 aromatic carbocycles. The Morgan fingerprint density at radius 2 is 1.86 bits per heavy atom. The molecule has 1 amide bonds. The van der Waals surface area contributed by atoms with E-state index in [4.69, 9.17) is 4.74 Å². The van der Waals surface area contributed by atoms with Crippen LogP contribution < -0.4 is 5.32 Å². The Balaban J connectivity index is 2.31. The van der Waals surface area contributed by atoms with Crippen LogP contribution in [0.3, 0.4) is 0 Å². The number of rotatable bonds is 7. The van der Waals surface area contributed by atoms with E-state index >= 15 is 0 Å². The molecule has 1 fully saturated rings. The number of nitrogens with one attached hydrogen (secondary N) is 1. The molecule has 0 aromatic heterocycles. The van der Waals surface area contributed by atoms with E-state index in [0.717, 1.165) is 0 Å². The monoisotopic (exact) mass is 320 g/mol. The van der Waals surface area contributed by atoms with E-state index in [1.165, 1.54) is 4.31 Å². The first-order valence-corrected chi connectivity index (χ1v) is 8.92. The lowest BCUT2D eigenvalue weighted by Crippen LogP contribution is -2.43. The van der Waals surface area contributed by atoms with Crippen molar-refractivity contribution in [1.29, 1.82) is 0 Å². The first-order valence-electron chi connectivity index (χ1n) is 7.31. The zero-order valence-corrected chi connectivity index (χ0v) is 13.4. The van der Waals surface area contributed by atoms with E-state index in [-0.39, 0.29) is 36.5 Å². The summed E-state index contributed by atoms with van der Waals surface area (Å²) in [6, 6.07) is 0. The molecule has 1 saturated heterocycles. The van der Waals surface area contributed by atoms with Gasteiger partial charge in [0.2, 0.25) is 15.9 Å². The van der Waals surface area contributed by atoms with Crippen molar-refractivity contribution >= 4 is 21.9 Å². The van der Waals surface area contributed by atoms with Gasteiger partial charge in [-0.2, -0.15) is 0 Å². The van der Waals surface area contributed by atoms with Crippen molar-refractivity contribution in [2.45, 2.75) is 33.1 Å². The summed E-state index contributed by atoms with van der Waals surface area (Å²) in [5.74, 6) is -0.548. The van der Waals surface area contributed by atoms with Gasteiger partial charge in [-0.25, -0.2) is 12.7 Å². The Morgan fingerprint density at radius 1 is 1.24 bits per heavy atom. The Kier molecular flexibility index (Phi) is 7.10. The average Bonchev–Trinajstić information content (AvgIpc) is 2.47. The third kappa shape index (κ3) is 5.62. The lowest BCUT2D eigenvalue weighted by Gasteiger charge is -2.30. The maximum absolute atomic E-state index is 11.9. The van der Waals surface area contributed by atoms with Crippen molar-refractivity contribution in [2.75, 3.05) is 32.0 Å². The summed E-state index contributed by atoms with van der Waals surface area (Å²) >= 11 is 0. The smallest absolute Gasteiger partial charge is 0.307 e. The number of sulfonamides is 1. The number of hydrogen-bond donors (Lipinski definition) is 1. The molecule has 7 nitrogen and oxygen atoms in total. The van der Waals surface area contributed by atoms with E-state index < -0.39 is 10.0 Å². The molecule has 1 aliphatic heterocycles. The minimum absolute atomic E-state index is 0.0867. The van der Waals surface area contributed by atoms with Gasteiger partial charge in [-0.3, -0.25) is 9.59 Å². The number of ether oxygens (including phenoxy) is 1. The van der Waals surface area contributed by atoms with Crippen LogP contribution in [0.25, 0.3) is 0 Å². The van der Waals surface area contributed by atoms with E-state index in [0.29, 0.717) is 32.5 Å². The summed E-state index contributed by atoms with van der Waals surface area (Å²) in [6.07, 6.45) is 1.19. The molecule has 0 unspecified atom stereocenters. The molecule has 0 aliphatic carbocycles. The summed E-state index contributed by atoms with van der Waals surface area (Å²) in [5, 5.41) is 2.70. The molecular formula is C13H24N2O5S. The second-order valence-electron chi connectivity index (χ2n) is 4.92. The fraction of sp³-hybridized carbons (Fsp3) is 0.846. The van der Waals surface area contributed by atoms with Crippen LogP contribution in [0.5, 0.6) is 0 Å². The Morgan fingerprint density at radius 3 is 2.38 bits per heavy atom. The Bertz CT molecular complexity index is 455. The van der Waals surface area contributed by atoms with Crippen molar-refractivity contribution in [1.82, 2.24) is 9.62 Å². The second kappa shape index (κ2) is 8.33. The molecule has 0 radical (unpaired) electrons. The van der Waals surface area contributed by atoms with Crippen molar-refractivity contribution < 1.29 is 22.7 Å². The van der Waals surface area contributed by atoms with Gasteiger partial charge in [-0.05, 0) is 26.7 Å². The summed E-state index contributed by atoms with van der Waals surface area (Å²) in [7, 11) is -3.16. The lowest BCUT2D eigenvalue weighted by atomic mass is 9.97. The third-order valence-electron chi connectivity index (χ3n) is 3.52. The fourth-order valence-electron chi connectivity index (χ4n) is 2.24. The van der Waals surface area contributed by atoms with Gasteiger partial charge in [-0.15, -0.1) is 0 Å². The first-order chi connectivity index (χ1) is 9.90. The van der Waals surface area contributed by atoms with Gasteiger partial charge in [0.25, 0.3) is 0 Å². The van der Waals surface area contributed by atoms with Crippen LogP contribution in [0.1, 0.15) is 33.1 Å². The van der Waals surface area contributed by atoms with Crippen molar-refractivity contribution in [2.24, 2.45) is 5.92 Å².